The van der Waals surface area contributed by atoms with E-state index in [0.29, 0.717) is 11.6 Å². The average molecular weight is 238 g/mol. The molecule has 0 saturated carbocycles. The molecule has 0 fully saturated rings. The minimum atomic E-state index is 0.634. The van der Waals surface area contributed by atoms with E-state index < -0.39 is 0 Å². The van der Waals surface area contributed by atoms with Crippen LogP contribution in [0.15, 0.2) is 28.9 Å². The number of aryl methyl sites for hydroxylation is 1. The fourth-order valence-electron chi connectivity index (χ4n) is 1.41. The Balaban J connectivity index is 2.08. The van der Waals surface area contributed by atoms with Crippen LogP contribution in [0, 0.1) is 6.92 Å². The molecule has 84 valence electrons. The Hall–Kier alpha value is -1.55. The monoisotopic (exact) mass is 237 g/mol. The first-order chi connectivity index (χ1) is 7.65. The molecule has 0 amide bonds. The second-order valence-electron chi connectivity index (χ2n) is 3.62. The molecule has 0 bridgehead atoms. The highest BCUT2D eigenvalue weighted by atomic mass is 35.5. The van der Waals surface area contributed by atoms with Gasteiger partial charge in [-0.3, -0.25) is 0 Å². The largest absolute Gasteiger partial charge is 0.361 e. The van der Waals surface area contributed by atoms with Crippen molar-refractivity contribution in [1.82, 2.24) is 10.1 Å². The Bertz CT molecular complexity index is 466. The number of aromatic nitrogens is 2. The SMILES string of the molecule is Cc1cc(CN(C)c2ccc(Cl)cn2)no1. The number of halogens is 1. The van der Waals surface area contributed by atoms with E-state index in [2.05, 4.69) is 10.1 Å². The van der Waals surface area contributed by atoms with E-state index in [1.54, 1.807) is 6.20 Å². The van der Waals surface area contributed by atoms with E-state index in [4.69, 9.17) is 16.1 Å². The quantitative estimate of drug-likeness (QED) is 0.823. The van der Waals surface area contributed by atoms with Crippen LogP contribution in [-0.2, 0) is 6.54 Å². The van der Waals surface area contributed by atoms with Crippen LogP contribution in [0.4, 0.5) is 5.82 Å². The van der Waals surface area contributed by atoms with E-state index in [9.17, 15) is 0 Å². The van der Waals surface area contributed by atoms with Gasteiger partial charge in [0.2, 0.25) is 0 Å². The van der Waals surface area contributed by atoms with E-state index in [1.165, 1.54) is 0 Å². The van der Waals surface area contributed by atoms with Gasteiger partial charge in [0.1, 0.15) is 17.3 Å². The molecule has 4 nitrogen and oxygen atoms in total. The molecule has 0 radical (unpaired) electrons. The molecule has 2 aromatic rings. The van der Waals surface area contributed by atoms with Gasteiger partial charge in [0.05, 0.1) is 11.6 Å². The molecule has 2 rings (SSSR count). The summed E-state index contributed by atoms with van der Waals surface area (Å²) in [7, 11) is 1.94. The summed E-state index contributed by atoms with van der Waals surface area (Å²) >= 11 is 5.77. The van der Waals surface area contributed by atoms with Crippen molar-refractivity contribution < 1.29 is 4.52 Å². The number of nitrogens with zero attached hydrogens (tertiary/aromatic N) is 3. The van der Waals surface area contributed by atoms with Crippen LogP contribution in [0.3, 0.4) is 0 Å². The Kier molecular flexibility index (Phi) is 3.10. The number of hydrogen-bond donors (Lipinski definition) is 0. The number of anilines is 1. The summed E-state index contributed by atoms with van der Waals surface area (Å²) in [4.78, 5) is 6.20. The molecular formula is C11H12ClN3O. The first-order valence-electron chi connectivity index (χ1n) is 4.90. The molecule has 0 aliphatic rings. The summed E-state index contributed by atoms with van der Waals surface area (Å²) in [5, 5.41) is 4.56. The van der Waals surface area contributed by atoms with Gasteiger partial charge in [-0.05, 0) is 19.1 Å². The predicted molar refractivity (Wildman–Crippen MR) is 62.6 cm³/mol. The molecule has 2 aromatic heterocycles. The van der Waals surface area contributed by atoms with Crippen LogP contribution in [-0.4, -0.2) is 17.2 Å². The van der Waals surface area contributed by atoms with Crippen molar-refractivity contribution in [3.63, 3.8) is 0 Å². The third-order valence-corrected chi connectivity index (χ3v) is 2.40. The maximum atomic E-state index is 5.77. The summed E-state index contributed by atoms with van der Waals surface area (Å²) in [6.07, 6.45) is 1.63. The van der Waals surface area contributed by atoms with Crippen molar-refractivity contribution in [3.05, 3.63) is 40.9 Å². The number of hydrogen-bond acceptors (Lipinski definition) is 4. The molecule has 0 atom stereocenters. The first kappa shape index (κ1) is 11.0. The van der Waals surface area contributed by atoms with Crippen LogP contribution in [0.1, 0.15) is 11.5 Å². The van der Waals surface area contributed by atoms with E-state index >= 15 is 0 Å². The van der Waals surface area contributed by atoms with Crippen molar-refractivity contribution in [2.75, 3.05) is 11.9 Å². The lowest BCUT2D eigenvalue weighted by Gasteiger charge is -2.15. The molecule has 2 heterocycles. The van der Waals surface area contributed by atoms with Crippen LogP contribution >= 0.6 is 11.6 Å². The van der Waals surface area contributed by atoms with Gasteiger partial charge in [-0.25, -0.2) is 4.98 Å². The van der Waals surface area contributed by atoms with Gasteiger partial charge in [0.25, 0.3) is 0 Å². The summed E-state index contributed by atoms with van der Waals surface area (Å²) in [5.74, 6) is 1.66. The zero-order valence-electron chi connectivity index (χ0n) is 9.14. The Morgan fingerprint density at radius 2 is 2.25 bits per heavy atom. The van der Waals surface area contributed by atoms with Gasteiger partial charge in [0, 0.05) is 19.3 Å². The molecule has 5 heteroatoms. The zero-order chi connectivity index (χ0) is 11.5. The van der Waals surface area contributed by atoms with Crippen molar-refractivity contribution >= 4 is 17.4 Å². The molecule has 0 aliphatic carbocycles. The molecule has 16 heavy (non-hydrogen) atoms. The minimum Gasteiger partial charge on any atom is -0.361 e. The maximum Gasteiger partial charge on any atom is 0.133 e. The summed E-state index contributed by atoms with van der Waals surface area (Å²) in [6, 6.07) is 5.59. The van der Waals surface area contributed by atoms with E-state index in [1.807, 2.05) is 37.1 Å². The maximum absolute atomic E-state index is 5.77. The van der Waals surface area contributed by atoms with Crippen LogP contribution in [0.2, 0.25) is 5.02 Å². The Morgan fingerprint density at radius 1 is 1.44 bits per heavy atom. The third-order valence-electron chi connectivity index (χ3n) is 2.18. The first-order valence-corrected chi connectivity index (χ1v) is 5.28. The van der Waals surface area contributed by atoms with Crippen molar-refractivity contribution in [2.45, 2.75) is 13.5 Å². The zero-order valence-corrected chi connectivity index (χ0v) is 9.90. The lowest BCUT2D eigenvalue weighted by molar-refractivity contribution is 0.390. The topological polar surface area (TPSA) is 42.2 Å². The summed E-state index contributed by atoms with van der Waals surface area (Å²) < 4.78 is 5.00. The highest BCUT2D eigenvalue weighted by Crippen LogP contribution is 2.15. The molecule has 0 N–H and O–H groups in total. The lowest BCUT2D eigenvalue weighted by atomic mass is 10.3. The lowest BCUT2D eigenvalue weighted by Crippen LogP contribution is -2.17. The molecule has 0 saturated heterocycles. The molecule has 0 unspecified atom stereocenters. The fraction of sp³-hybridized carbons (Fsp3) is 0.273. The van der Waals surface area contributed by atoms with Gasteiger partial charge in [-0.1, -0.05) is 16.8 Å². The smallest absolute Gasteiger partial charge is 0.133 e. The molecule has 0 spiro atoms. The second-order valence-corrected chi connectivity index (χ2v) is 4.06. The number of pyridine rings is 1. The molecular weight excluding hydrogens is 226 g/mol. The Labute approximate surface area is 98.8 Å². The van der Waals surface area contributed by atoms with Gasteiger partial charge in [-0.15, -0.1) is 0 Å². The standard InChI is InChI=1S/C11H12ClN3O/c1-8-5-10(14-16-8)7-15(2)11-4-3-9(12)6-13-11/h3-6H,7H2,1-2H3. The molecule has 0 aliphatic heterocycles. The van der Waals surface area contributed by atoms with Gasteiger partial charge >= 0.3 is 0 Å². The van der Waals surface area contributed by atoms with Crippen LogP contribution in [0.5, 0.6) is 0 Å². The predicted octanol–water partition coefficient (Wildman–Crippen LogP) is 2.67. The van der Waals surface area contributed by atoms with Crippen molar-refractivity contribution in [3.8, 4) is 0 Å². The molecule has 0 aromatic carbocycles. The highest BCUT2D eigenvalue weighted by Gasteiger charge is 2.06. The van der Waals surface area contributed by atoms with Crippen molar-refractivity contribution in [2.24, 2.45) is 0 Å². The van der Waals surface area contributed by atoms with Gasteiger partial charge in [0.15, 0.2) is 0 Å². The summed E-state index contributed by atoms with van der Waals surface area (Å²) in [5.41, 5.74) is 0.886. The van der Waals surface area contributed by atoms with Crippen LogP contribution < -0.4 is 4.90 Å². The average Bonchev–Trinajstić information content (AvgIpc) is 2.65. The highest BCUT2D eigenvalue weighted by molar-refractivity contribution is 6.30. The second kappa shape index (κ2) is 4.53. The normalized spacial score (nSPS) is 10.4. The van der Waals surface area contributed by atoms with Gasteiger partial charge in [-0.2, -0.15) is 0 Å². The fourth-order valence-corrected chi connectivity index (χ4v) is 1.52. The summed E-state index contributed by atoms with van der Waals surface area (Å²) in [6.45, 7) is 2.53. The minimum absolute atomic E-state index is 0.634. The van der Waals surface area contributed by atoms with E-state index in [0.717, 1.165) is 17.3 Å². The van der Waals surface area contributed by atoms with Gasteiger partial charge < -0.3 is 9.42 Å². The number of rotatable bonds is 3. The Morgan fingerprint density at radius 3 is 2.81 bits per heavy atom. The van der Waals surface area contributed by atoms with E-state index in [-0.39, 0.29) is 0 Å². The third kappa shape index (κ3) is 2.52. The van der Waals surface area contributed by atoms with Crippen LogP contribution in [0.25, 0.3) is 0 Å². The van der Waals surface area contributed by atoms with Crippen molar-refractivity contribution in [1.29, 1.82) is 0 Å².